The third-order valence-electron chi connectivity index (χ3n) is 6.09. The highest BCUT2D eigenvalue weighted by atomic mass is 32.2. The van der Waals surface area contributed by atoms with Crippen molar-refractivity contribution in [2.75, 3.05) is 6.54 Å². The number of hydrogen-bond donors (Lipinski definition) is 1. The topological polar surface area (TPSA) is 53.2 Å². The Hall–Kier alpha value is -3.15. The van der Waals surface area contributed by atoms with Gasteiger partial charge in [0.1, 0.15) is 0 Å². The van der Waals surface area contributed by atoms with Crippen molar-refractivity contribution in [3.63, 3.8) is 0 Å². The molecule has 0 amide bonds. The third-order valence-corrected chi connectivity index (χ3v) is 7.97. The summed E-state index contributed by atoms with van der Waals surface area (Å²) < 4.78 is 29.1. The van der Waals surface area contributed by atoms with E-state index >= 15 is 0 Å². The van der Waals surface area contributed by atoms with Gasteiger partial charge in [-0.3, -0.25) is 0 Å². The van der Waals surface area contributed by atoms with Crippen LogP contribution in [0.5, 0.6) is 0 Å². The van der Waals surface area contributed by atoms with Crippen LogP contribution < -0.4 is 0 Å². The van der Waals surface area contributed by atoms with Crippen molar-refractivity contribution >= 4 is 26.5 Å². The molecule has 2 heterocycles. The summed E-state index contributed by atoms with van der Waals surface area (Å²) in [5, 5.41) is 1.15. The molecule has 0 unspecified atom stereocenters. The van der Waals surface area contributed by atoms with E-state index in [1.807, 2.05) is 67.6 Å². The largest absolute Gasteiger partial charge is 0.357 e. The normalized spacial score (nSPS) is 16.9. The summed E-state index contributed by atoms with van der Waals surface area (Å²) in [6, 6.07) is 24.5. The molecule has 1 aromatic heterocycles. The van der Waals surface area contributed by atoms with Gasteiger partial charge in [0.2, 0.25) is 10.0 Å². The molecule has 4 aromatic rings. The van der Waals surface area contributed by atoms with E-state index in [0.717, 1.165) is 33.3 Å². The minimum Gasteiger partial charge on any atom is -0.357 e. The first-order valence-electron chi connectivity index (χ1n) is 10.4. The van der Waals surface area contributed by atoms with Crippen LogP contribution in [0.3, 0.4) is 0 Å². The number of aromatic amines is 1. The van der Waals surface area contributed by atoms with E-state index in [1.165, 1.54) is 5.56 Å². The molecule has 4 nitrogen and oxygen atoms in total. The molecule has 0 spiro atoms. The fraction of sp³-hybridized carbons (Fsp3) is 0.154. The first-order chi connectivity index (χ1) is 15.0. The molecule has 156 valence electrons. The first-order valence-corrected chi connectivity index (χ1v) is 11.8. The molecule has 0 saturated carbocycles. The monoisotopic (exact) mass is 428 g/mol. The van der Waals surface area contributed by atoms with Crippen molar-refractivity contribution in [2.24, 2.45) is 0 Å². The van der Waals surface area contributed by atoms with E-state index in [9.17, 15) is 8.42 Å². The molecule has 0 bridgehead atoms. The lowest BCUT2D eigenvalue weighted by Crippen LogP contribution is -2.40. The summed E-state index contributed by atoms with van der Waals surface area (Å²) in [6.45, 7) is 6.72. The molecule has 1 aliphatic heterocycles. The van der Waals surface area contributed by atoms with Crippen LogP contribution in [0.4, 0.5) is 0 Å². The zero-order chi connectivity index (χ0) is 21.6. The highest BCUT2D eigenvalue weighted by molar-refractivity contribution is 7.89. The number of nitrogens with zero attached hydrogens (tertiary/aromatic N) is 1. The molecule has 0 aliphatic carbocycles. The van der Waals surface area contributed by atoms with E-state index < -0.39 is 16.1 Å². The standard InChI is InChI=1S/C26H24N2O2S/c1-18-12-14-21(15-13-18)31(29,30)28-17-16-23-22-10-6-7-11-24(22)27-25(23)26(28)19(2)20-8-4-3-5-9-20/h3-15,26-27H,2,16-17H2,1H3/t26-/m1/s1. The van der Waals surface area contributed by atoms with Crippen molar-refractivity contribution in [1.29, 1.82) is 0 Å². The van der Waals surface area contributed by atoms with Gasteiger partial charge in [0, 0.05) is 23.1 Å². The number of para-hydroxylation sites is 1. The molecule has 0 fully saturated rings. The first kappa shape index (κ1) is 19.8. The minimum absolute atomic E-state index is 0.309. The van der Waals surface area contributed by atoms with Crippen molar-refractivity contribution < 1.29 is 8.42 Å². The molecule has 0 radical (unpaired) electrons. The summed E-state index contributed by atoms with van der Waals surface area (Å²) in [5.41, 5.74) is 5.84. The van der Waals surface area contributed by atoms with Gasteiger partial charge < -0.3 is 4.98 Å². The fourth-order valence-corrected chi connectivity index (χ4v) is 6.07. The van der Waals surface area contributed by atoms with Crippen LogP contribution in [0.2, 0.25) is 0 Å². The summed E-state index contributed by atoms with van der Waals surface area (Å²) in [4.78, 5) is 3.82. The van der Waals surface area contributed by atoms with Gasteiger partial charge >= 0.3 is 0 Å². The predicted octanol–water partition coefficient (Wildman–Crippen LogP) is 5.48. The SMILES string of the molecule is C=C(c1ccccc1)[C@@H]1c2[nH]c3ccccc3c2CCN1S(=O)(=O)c1ccc(C)cc1. The van der Waals surface area contributed by atoms with Crippen LogP contribution in [0, 0.1) is 6.92 Å². The lowest BCUT2D eigenvalue weighted by molar-refractivity contribution is 0.356. The number of sulfonamides is 1. The average molecular weight is 429 g/mol. The van der Waals surface area contributed by atoms with Gasteiger partial charge in [-0.2, -0.15) is 4.31 Å². The Labute approximate surface area is 182 Å². The Bertz CT molecular complexity index is 1370. The molecule has 31 heavy (non-hydrogen) atoms. The Morgan fingerprint density at radius 1 is 0.968 bits per heavy atom. The van der Waals surface area contributed by atoms with Gasteiger partial charge in [0.25, 0.3) is 0 Å². The van der Waals surface area contributed by atoms with E-state index in [0.29, 0.717) is 17.9 Å². The maximum absolute atomic E-state index is 13.7. The van der Waals surface area contributed by atoms with Crippen LogP contribution in [0.25, 0.3) is 16.5 Å². The van der Waals surface area contributed by atoms with Crippen LogP contribution in [-0.4, -0.2) is 24.3 Å². The highest BCUT2D eigenvalue weighted by Gasteiger charge is 2.39. The van der Waals surface area contributed by atoms with Crippen LogP contribution in [0.15, 0.2) is 90.3 Å². The summed E-state index contributed by atoms with van der Waals surface area (Å²) in [5.74, 6) is 0. The van der Waals surface area contributed by atoms with Crippen LogP contribution >= 0.6 is 0 Å². The molecule has 1 aliphatic rings. The van der Waals surface area contributed by atoms with Crippen molar-refractivity contribution in [3.05, 3.63) is 108 Å². The van der Waals surface area contributed by atoms with Gasteiger partial charge in [0.15, 0.2) is 0 Å². The van der Waals surface area contributed by atoms with Gasteiger partial charge in [-0.05, 0) is 48.2 Å². The van der Waals surface area contributed by atoms with Crippen LogP contribution in [0.1, 0.15) is 28.4 Å². The number of aryl methyl sites for hydroxylation is 1. The molecular formula is C26H24N2O2S. The predicted molar refractivity (Wildman–Crippen MR) is 125 cm³/mol. The maximum Gasteiger partial charge on any atom is 0.244 e. The van der Waals surface area contributed by atoms with E-state index in [4.69, 9.17) is 0 Å². The molecule has 1 atom stereocenters. The molecule has 3 aromatic carbocycles. The smallest absolute Gasteiger partial charge is 0.244 e. The quantitative estimate of drug-likeness (QED) is 0.468. The van der Waals surface area contributed by atoms with Gasteiger partial charge in [0.05, 0.1) is 10.9 Å². The lowest BCUT2D eigenvalue weighted by Gasteiger charge is -2.36. The number of fused-ring (bicyclic) bond motifs is 3. The van der Waals surface area contributed by atoms with E-state index in [1.54, 1.807) is 16.4 Å². The van der Waals surface area contributed by atoms with Crippen molar-refractivity contribution in [1.82, 2.24) is 9.29 Å². The molecular weight excluding hydrogens is 404 g/mol. The Morgan fingerprint density at radius 2 is 1.65 bits per heavy atom. The van der Waals surface area contributed by atoms with Crippen LogP contribution in [-0.2, 0) is 16.4 Å². The number of aromatic nitrogens is 1. The van der Waals surface area contributed by atoms with Crippen molar-refractivity contribution in [3.8, 4) is 0 Å². The summed E-state index contributed by atoms with van der Waals surface area (Å²) in [6.07, 6.45) is 0.656. The Balaban J connectivity index is 1.69. The number of rotatable bonds is 4. The Morgan fingerprint density at radius 3 is 2.39 bits per heavy atom. The second-order valence-electron chi connectivity index (χ2n) is 8.04. The lowest BCUT2D eigenvalue weighted by atomic mass is 9.91. The van der Waals surface area contributed by atoms with Crippen molar-refractivity contribution in [2.45, 2.75) is 24.3 Å². The highest BCUT2D eigenvalue weighted by Crippen LogP contribution is 2.43. The minimum atomic E-state index is -3.71. The summed E-state index contributed by atoms with van der Waals surface area (Å²) >= 11 is 0. The van der Waals surface area contributed by atoms with Gasteiger partial charge in [-0.15, -0.1) is 0 Å². The summed E-state index contributed by atoms with van der Waals surface area (Å²) in [7, 11) is -3.71. The zero-order valence-electron chi connectivity index (χ0n) is 17.4. The second-order valence-corrected chi connectivity index (χ2v) is 9.93. The second kappa shape index (κ2) is 7.52. The van der Waals surface area contributed by atoms with Gasteiger partial charge in [-0.1, -0.05) is 72.8 Å². The number of hydrogen-bond acceptors (Lipinski definition) is 2. The average Bonchev–Trinajstić information content (AvgIpc) is 3.17. The molecule has 0 saturated heterocycles. The molecule has 5 rings (SSSR count). The maximum atomic E-state index is 13.7. The van der Waals surface area contributed by atoms with E-state index in [-0.39, 0.29) is 0 Å². The third kappa shape index (κ3) is 3.30. The molecule has 5 heteroatoms. The Kier molecular flexibility index (Phi) is 4.80. The number of nitrogens with one attached hydrogen (secondary N) is 1. The van der Waals surface area contributed by atoms with Gasteiger partial charge in [-0.25, -0.2) is 8.42 Å². The molecule has 1 N–H and O–H groups in total. The number of H-pyrrole nitrogens is 1. The number of benzene rings is 3. The van der Waals surface area contributed by atoms with E-state index in [2.05, 4.69) is 17.6 Å². The fourth-order valence-electron chi connectivity index (χ4n) is 4.48. The zero-order valence-corrected chi connectivity index (χ0v) is 18.2.